The van der Waals surface area contributed by atoms with Crippen molar-refractivity contribution in [3.63, 3.8) is 0 Å². The Kier molecular flexibility index (Phi) is 10.9. The van der Waals surface area contributed by atoms with Crippen LogP contribution in [0.15, 0.2) is 42.5 Å². The maximum absolute atomic E-state index is 13.6. The zero-order chi connectivity index (χ0) is 26.2. The third kappa shape index (κ3) is 8.12. The van der Waals surface area contributed by atoms with Crippen LogP contribution in [0.1, 0.15) is 44.7 Å². The Morgan fingerprint density at radius 3 is 2.11 bits per heavy atom. The van der Waals surface area contributed by atoms with E-state index in [2.05, 4.69) is 5.32 Å². The minimum absolute atomic E-state index is 0.0696. The molecule has 2 amide bonds. The number of anilines is 1. The molecule has 0 aromatic heterocycles. The maximum atomic E-state index is 13.6. The molecular weight excluding hydrogens is 509 g/mol. The SMILES string of the molecule is CCCNC(=O)[C@@H](CC)N(Cc1ccc(Cl)c(Cl)c1)C(=O)CN(c1ccc(CC)cc1)S(C)(=O)=O. The van der Waals surface area contributed by atoms with Crippen LogP contribution in [0, 0.1) is 0 Å². The van der Waals surface area contributed by atoms with Crippen LogP contribution in [0.3, 0.4) is 0 Å². The predicted molar refractivity (Wildman–Crippen MR) is 142 cm³/mol. The van der Waals surface area contributed by atoms with Crippen molar-refractivity contribution in [2.75, 3.05) is 23.7 Å². The van der Waals surface area contributed by atoms with Crippen LogP contribution in [0.5, 0.6) is 0 Å². The maximum Gasteiger partial charge on any atom is 0.244 e. The van der Waals surface area contributed by atoms with Gasteiger partial charge < -0.3 is 10.2 Å². The van der Waals surface area contributed by atoms with E-state index in [1.165, 1.54) is 4.90 Å². The summed E-state index contributed by atoms with van der Waals surface area (Å²) in [6.45, 7) is 5.85. The minimum atomic E-state index is -3.77. The first-order valence-electron chi connectivity index (χ1n) is 11.6. The summed E-state index contributed by atoms with van der Waals surface area (Å²) in [6, 6.07) is 11.2. The molecule has 2 aromatic carbocycles. The predicted octanol–water partition coefficient (Wildman–Crippen LogP) is 4.66. The number of aryl methyl sites for hydroxylation is 1. The van der Waals surface area contributed by atoms with Gasteiger partial charge in [-0.1, -0.05) is 62.2 Å². The quantitative estimate of drug-likeness (QED) is 0.423. The van der Waals surface area contributed by atoms with E-state index in [4.69, 9.17) is 23.2 Å². The standard InChI is InChI=1S/C25H33Cl2N3O4S/c1-5-14-28-25(32)23(7-3)29(16-19-10-13-21(26)22(27)15-19)24(31)17-30(35(4,33)34)20-11-8-18(6-2)9-12-20/h8-13,15,23H,5-7,14,16-17H2,1-4H3,(H,28,32)/t23-/m1/s1. The smallest absolute Gasteiger partial charge is 0.244 e. The lowest BCUT2D eigenvalue weighted by Crippen LogP contribution is -2.52. The van der Waals surface area contributed by atoms with Gasteiger partial charge in [-0.3, -0.25) is 13.9 Å². The summed E-state index contributed by atoms with van der Waals surface area (Å²) in [7, 11) is -3.77. The van der Waals surface area contributed by atoms with Gasteiger partial charge in [0.2, 0.25) is 21.8 Å². The van der Waals surface area contributed by atoms with Gasteiger partial charge in [-0.05, 0) is 54.7 Å². The Morgan fingerprint density at radius 1 is 0.971 bits per heavy atom. The second-order valence-electron chi connectivity index (χ2n) is 8.27. The van der Waals surface area contributed by atoms with Crippen LogP contribution in [0.25, 0.3) is 0 Å². The molecule has 0 aliphatic carbocycles. The highest BCUT2D eigenvalue weighted by molar-refractivity contribution is 7.92. The van der Waals surface area contributed by atoms with Crippen molar-refractivity contribution in [2.24, 2.45) is 0 Å². The first-order valence-corrected chi connectivity index (χ1v) is 14.2. The number of halogens is 2. The average molecular weight is 543 g/mol. The Morgan fingerprint density at radius 2 is 1.60 bits per heavy atom. The molecule has 192 valence electrons. The van der Waals surface area contributed by atoms with Gasteiger partial charge in [-0.15, -0.1) is 0 Å². The molecule has 0 heterocycles. The van der Waals surface area contributed by atoms with E-state index in [0.29, 0.717) is 34.3 Å². The molecule has 7 nitrogen and oxygen atoms in total. The van der Waals surface area contributed by atoms with Gasteiger partial charge in [-0.25, -0.2) is 8.42 Å². The second-order valence-corrected chi connectivity index (χ2v) is 11.0. The summed E-state index contributed by atoms with van der Waals surface area (Å²) in [5.74, 6) is -0.791. The van der Waals surface area contributed by atoms with Gasteiger partial charge in [0.15, 0.2) is 0 Å². The average Bonchev–Trinajstić information content (AvgIpc) is 2.82. The van der Waals surface area contributed by atoms with Crippen molar-refractivity contribution in [3.05, 3.63) is 63.6 Å². The van der Waals surface area contributed by atoms with E-state index < -0.39 is 28.5 Å². The summed E-state index contributed by atoms with van der Waals surface area (Å²) < 4.78 is 26.3. The first kappa shape index (κ1) is 28.9. The second kappa shape index (κ2) is 13.1. The molecule has 0 bridgehead atoms. The molecule has 0 radical (unpaired) electrons. The summed E-state index contributed by atoms with van der Waals surface area (Å²) >= 11 is 12.2. The van der Waals surface area contributed by atoms with Gasteiger partial charge >= 0.3 is 0 Å². The fourth-order valence-corrected chi connectivity index (χ4v) is 4.80. The number of sulfonamides is 1. The van der Waals surface area contributed by atoms with Crippen molar-refractivity contribution in [1.29, 1.82) is 0 Å². The summed E-state index contributed by atoms with van der Waals surface area (Å²) in [4.78, 5) is 27.9. The Balaban J connectivity index is 2.43. The topological polar surface area (TPSA) is 86.8 Å². The monoisotopic (exact) mass is 541 g/mol. The number of hydrogen-bond acceptors (Lipinski definition) is 4. The van der Waals surface area contributed by atoms with Gasteiger partial charge in [0, 0.05) is 13.1 Å². The van der Waals surface area contributed by atoms with E-state index in [1.807, 2.05) is 32.9 Å². The molecule has 0 saturated carbocycles. The van der Waals surface area contributed by atoms with E-state index in [9.17, 15) is 18.0 Å². The fourth-order valence-electron chi connectivity index (χ4n) is 3.63. The Bertz CT molecular complexity index is 1120. The molecule has 2 rings (SSSR count). The Labute approximate surface area is 218 Å². The van der Waals surface area contributed by atoms with Crippen molar-refractivity contribution in [2.45, 2.75) is 52.6 Å². The third-order valence-corrected chi connectivity index (χ3v) is 7.46. The van der Waals surface area contributed by atoms with Crippen LogP contribution in [0.4, 0.5) is 5.69 Å². The zero-order valence-electron chi connectivity index (χ0n) is 20.6. The summed E-state index contributed by atoms with van der Waals surface area (Å²) in [5.41, 5.74) is 2.11. The molecule has 1 atom stereocenters. The summed E-state index contributed by atoms with van der Waals surface area (Å²) in [6.07, 6.45) is 2.97. The lowest BCUT2D eigenvalue weighted by atomic mass is 10.1. The molecule has 0 aliphatic heterocycles. The van der Waals surface area contributed by atoms with Crippen LogP contribution < -0.4 is 9.62 Å². The van der Waals surface area contributed by atoms with Crippen LogP contribution in [-0.2, 0) is 32.6 Å². The lowest BCUT2D eigenvalue weighted by Gasteiger charge is -2.33. The molecule has 0 fully saturated rings. The van der Waals surface area contributed by atoms with Crippen molar-refractivity contribution in [3.8, 4) is 0 Å². The largest absolute Gasteiger partial charge is 0.354 e. The van der Waals surface area contributed by atoms with E-state index in [0.717, 1.165) is 29.0 Å². The van der Waals surface area contributed by atoms with E-state index >= 15 is 0 Å². The molecule has 0 unspecified atom stereocenters. The highest BCUT2D eigenvalue weighted by atomic mass is 35.5. The first-order chi connectivity index (χ1) is 16.5. The number of benzene rings is 2. The molecule has 10 heteroatoms. The zero-order valence-corrected chi connectivity index (χ0v) is 22.9. The normalized spacial score (nSPS) is 12.2. The molecule has 0 aliphatic rings. The number of carbonyl (C=O) groups is 2. The van der Waals surface area contributed by atoms with E-state index in [1.54, 1.807) is 30.3 Å². The number of rotatable bonds is 12. The fraction of sp³-hybridized carbons (Fsp3) is 0.440. The molecular formula is C25H33Cl2N3O4S. The van der Waals surface area contributed by atoms with Crippen molar-refractivity contribution >= 4 is 50.7 Å². The van der Waals surface area contributed by atoms with Crippen molar-refractivity contribution in [1.82, 2.24) is 10.2 Å². The molecule has 35 heavy (non-hydrogen) atoms. The number of nitrogens with zero attached hydrogens (tertiary/aromatic N) is 2. The number of hydrogen-bond donors (Lipinski definition) is 1. The van der Waals surface area contributed by atoms with Gasteiger partial charge in [-0.2, -0.15) is 0 Å². The van der Waals surface area contributed by atoms with Crippen LogP contribution in [0.2, 0.25) is 10.0 Å². The van der Waals surface area contributed by atoms with Crippen molar-refractivity contribution < 1.29 is 18.0 Å². The molecule has 0 saturated heterocycles. The van der Waals surface area contributed by atoms with Gasteiger partial charge in [0.25, 0.3) is 0 Å². The Hall–Kier alpha value is -2.29. The highest BCUT2D eigenvalue weighted by Gasteiger charge is 2.31. The number of amides is 2. The molecule has 2 aromatic rings. The molecule has 1 N–H and O–H groups in total. The molecule has 0 spiro atoms. The number of nitrogens with one attached hydrogen (secondary N) is 1. The van der Waals surface area contributed by atoms with Crippen LogP contribution >= 0.6 is 23.2 Å². The lowest BCUT2D eigenvalue weighted by molar-refractivity contribution is -0.140. The number of carbonyl (C=O) groups excluding carboxylic acids is 2. The summed E-state index contributed by atoms with van der Waals surface area (Å²) in [5, 5.41) is 3.54. The van der Waals surface area contributed by atoms with E-state index in [-0.39, 0.29) is 12.5 Å². The van der Waals surface area contributed by atoms with Gasteiger partial charge in [0.05, 0.1) is 22.0 Å². The van der Waals surface area contributed by atoms with Gasteiger partial charge in [0.1, 0.15) is 12.6 Å². The van der Waals surface area contributed by atoms with Crippen LogP contribution in [-0.4, -0.2) is 50.5 Å². The third-order valence-electron chi connectivity index (χ3n) is 5.58. The minimum Gasteiger partial charge on any atom is -0.354 e. The highest BCUT2D eigenvalue weighted by Crippen LogP contribution is 2.25.